The van der Waals surface area contributed by atoms with Crippen LogP contribution in [0.4, 0.5) is 5.69 Å². The van der Waals surface area contributed by atoms with E-state index in [0.29, 0.717) is 10.7 Å². The lowest BCUT2D eigenvalue weighted by Crippen LogP contribution is -2.27. The smallest absolute Gasteiger partial charge is 0.274 e. The molecule has 0 radical (unpaired) electrons. The van der Waals surface area contributed by atoms with E-state index in [1.54, 1.807) is 24.2 Å². The Bertz CT molecular complexity index is 1120. The number of pyridine rings is 1. The van der Waals surface area contributed by atoms with Crippen LogP contribution in [0.3, 0.4) is 0 Å². The Labute approximate surface area is 150 Å². The average molecular weight is 350 g/mol. The summed E-state index contributed by atoms with van der Waals surface area (Å²) in [7, 11) is 1.75. The minimum atomic E-state index is -0.120. The summed E-state index contributed by atoms with van der Waals surface area (Å²) < 4.78 is 0. The number of benzene rings is 2. The van der Waals surface area contributed by atoms with Crippen LogP contribution in [0.15, 0.2) is 54.7 Å². The van der Waals surface area contributed by atoms with Gasteiger partial charge in [0, 0.05) is 34.7 Å². The molecule has 0 unspecified atom stereocenters. The molecular formula is C20H16ClN3O. The van der Waals surface area contributed by atoms with Gasteiger partial charge in [0.25, 0.3) is 5.91 Å². The van der Waals surface area contributed by atoms with Gasteiger partial charge >= 0.3 is 0 Å². The average Bonchev–Trinajstić information content (AvgIpc) is 3.07. The first-order valence-corrected chi connectivity index (χ1v) is 8.33. The highest BCUT2D eigenvalue weighted by Gasteiger charge is 2.18. The SMILES string of the molecule is Cc1ccc(Cl)cc1N(C)C(=O)c1cc2ccc3cccnc3c2[nH]1. The van der Waals surface area contributed by atoms with E-state index in [4.69, 9.17) is 11.6 Å². The summed E-state index contributed by atoms with van der Waals surface area (Å²) in [6.07, 6.45) is 1.76. The number of carbonyl (C=O) groups excluding carboxylic acids is 1. The fourth-order valence-electron chi connectivity index (χ4n) is 3.09. The van der Waals surface area contributed by atoms with Gasteiger partial charge in [-0.15, -0.1) is 0 Å². The second kappa shape index (κ2) is 5.90. The normalized spacial score (nSPS) is 11.2. The maximum atomic E-state index is 12.9. The lowest BCUT2D eigenvalue weighted by atomic mass is 10.1. The van der Waals surface area contributed by atoms with Gasteiger partial charge in [-0.2, -0.15) is 0 Å². The van der Waals surface area contributed by atoms with E-state index in [-0.39, 0.29) is 5.91 Å². The number of nitrogens with zero attached hydrogens (tertiary/aromatic N) is 2. The number of aromatic amines is 1. The van der Waals surface area contributed by atoms with Gasteiger partial charge in [0.15, 0.2) is 0 Å². The number of hydrogen-bond acceptors (Lipinski definition) is 2. The highest BCUT2D eigenvalue weighted by atomic mass is 35.5. The Morgan fingerprint density at radius 1 is 1.12 bits per heavy atom. The molecule has 0 aliphatic heterocycles. The third-order valence-electron chi connectivity index (χ3n) is 4.43. The molecule has 0 atom stereocenters. The Hall–Kier alpha value is -2.85. The highest BCUT2D eigenvalue weighted by molar-refractivity contribution is 6.31. The van der Waals surface area contributed by atoms with Crippen molar-refractivity contribution in [1.82, 2.24) is 9.97 Å². The third kappa shape index (κ3) is 2.65. The van der Waals surface area contributed by atoms with E-state index >= 15 is 0 Å². The van der Waals surface area contributed by atoms with E-state index in [9.17, 15) is 4.79 Å². The Kier molecular flexibility index (Phi) is 3.70. The number of carbonyl (C=O) groups is 1. The zero-order valence-electron chi connectivity index (χ0n) is 13.9. The van der Waals surface area contributed by atoms with Crippen LogP contribution in [0.25, 0.3) is 21.8 Å². The summed E-state index contributed by atoms with van der Waals surface area (Å²) in [6, 6.07) is 15.3. The lowest BCUT2D eigenvalue weighted by Gasteiger charge is -2.19. The van der Waals surface area contributed by atoms with Gasteiger partial charge in [-0.1, -0.05) is 35.9 Å². The maximum absolute atomic E-state index is 12.9. The molecule has 5 heteroatoms. The summed E-state index contributed by atoms with van der Waals surface area (Å²) >= 11 is 6.09. The molecule has 0 aliphatic rings. The zero-order chi connectivity index (χ0) is 17.6. The minimum Gasteiger partial charge on any atom is -0.349 e. The molecule has 4 nitrogen and oxygen atoms in total. The van der Waals surface area contributed by atoms with Gasteiger partial charge in [0.05, 0.1) is 11.0 Å². The van der Waals surface area contributed by atoms with Crippen LogP contribution in [-0.4, -0.2) is 22.9 Å². The Balaban J connectivity index is 1.79. The molecule has 0 bridgehead atoms. The quantitative estimate of drug-likeness (QED) is 0.556. The molecule has 4 aromatic rings. The van der Waals surface area contributed by atoms with E-state index < -0.39 is 0 Å². The van der Waals surface area contributed by atoms with Crippen molar-refractivity contribution >= 4 is 45.0 Å². The second-order valence-corrected chi connectivity index (χ2v) is 6.52. The third-order valence-corrected chi connectivity index (χ3v) is 4.67. The number of anilines is 1. The number of aryl methyl sites for hydroxylation is 1. The molecule has 0 saturated heterocycles. The maximum Gasteiger partial charge on any atom is 0.274 e. The summed E-state index contributed by atoms with van der Waals surface area (Å²) in [5.41, 5.74) is 4.04. The monoisotopic (exact) mass is 349 g/mol. The number of fused-ring (bicyclic) bond motifs is 3. The number of rotatable bonds is 2. The van der Waals surface area contributed by atoms with Crippen LogP contribution in [0, 0.1) is 6.92 Å². The Morgan fingerprint density at radius 2 is 1.92 bits per heavy atom. The molecular weight excluding hydrogens is 334 g/mol. The van der Waals surface area contributed by atoms with Gasteiger partial charge < -0.3 is 9.88 Å². The number of H-pyrrole nitrogens is 1. The van der Waals surface area contributed by atoms with Crippen molar-refractivity contribution < 1.29 is 4.79 Å². The summed E-state index contributed by atoms with van der Waals surface area (Å²) in [4.78, 5) is 22.2. The fraction of sp³-hybridized carbons (Fsp3) is 0.100. The minimum absolute atomic E-state index is 0.120. The van der Waals surface area contributed by atoms with Gasteiger partial charge in [0.1, 0.15) is 5.69 Å². The second-order valence-electron chi connectivity index (χ2n) is 6.08. The van der Waals surface area contributed by atoms with Crippen LogP contribution in [-0.2, 0) is 0 Å². The van der Waals surface area contributed by atoms with Gasteiger partial charge in [-0.25, -0.2) is 0 Å². The molecule has 4 rings (SSSR count). The summed E-state index contributed by atoms with van der Waals surface area (Å²) in [5.74, 6) is -0.120. The molecule has 2 aromatic carbocycles. The van der Waals surface area contributed by atoms with Crippen LogP contribution in [0.5, 0.6) is 0 Å². The first kappa shape index (κ1) is 15.7. The van der Waals surface area contributed by atoms with E-state index in [1.165, 1.54) is 0 Å². The van der Waals surface area contributed by atoms with Crippen molar-refractivity contribution in [2.24, 2.45) is 0 Å². The van der Waals surface area contributed by atoms with Crippen LogP contribution in [0.2, 0.25) is 5.02 Å². The van der Waals surface area contributed by atoms with E-state index in [2.05, 4.69) is 9.97 Å². The molecule has 1 amide bonds. The van der Waals surface area contributed by atoms with E-state index in [0.717, 1.165) is 33.1 Å². The van der Waals surface area contributed by atoms with Gasteiger partial charge in [-0.05, 0) is 36.8 Å². The lowest BCUT2D eigenvalue weighted by molar-refractivity contribution is 0.0989. The van der Waals surface area contributed by atoms with Crippen LogP contribution >= 0.6 is 11.6 Å². The number of amides is 1. The van der Waals surface area contributed by atoms with Crippen molar-refractivity contribution in [2.45, 2.75) is 6.92 Å². The fourth-order valence-corrected chi connectivity index (χ4v) is 3.25. The topological polar surface area (TPSA) is 49.0 Å². The van der Waals surface area contributed by atoms with Crippen molar-refractivity contribution in [1.29, 1.82) is 0 Å². The Morgan fingerprint density at radius 3 is 2.76 bits per heavy atom. The molecule has 0 fully saturated rings. The summed E-state index contributed by atoms with van der Waals surface area (Å²) in [5, 5.41) is 2.60. The van der Waals surface area contributed by atoms with Crippen LogP contribution in [0.1, 0.15) is 16.1 Å². The number of aromatic nitrogens is 2. The number of halogens is 1. The standard InChI is InChI=1S/C20H16ClN3O/c1-12-5-8-15(21)11-17(12)24(2)20(25)16-10-14-7-6-13-4-3-9-22-18(13)19(14)23-16/h3-11,23H,1-2H3. The van der Waals surface area contributed by atoms with Crippen molar-refractivity contribution in [3.8, 4) is 0 Å². The molecule has 2 aromatic heterocycles. The summed E-state index contributed by atoms with van der Waals surface area (Å²) in [6.45, 7) is 1.96. The predicted molar refractivity (Wildman–Crippen MR) is 103 cm³/mol. The number of hydrogen-bond donors (Lipinski definition) is 1. The highest BCUT2D eigenvalue weighted by Crippen LogP contribution is 2.27. The molecule has 25 heavy (non-hydrogen) atoms. The van der Waals surface area contributed by atoms with Crippen molar-refractivity contribution in [3.63, 3.8) is 0 Å². The first-order chi connectivity index (χ1) is 12.0. The molecule has 0 saturated carbocycles. The van der Waals surface area contributed by atoms with Crippen molar-refractivity contribution in [3.05, 3.63) is 71.0 Å². The molecule has 1 N–H and O–H groups in total. The molecule has 2 heterocycles. The first-order valence-electron chi connectivity index (χ1n) is 7.95. The molecule has 124 valence electrons. The number of nitrogens with one attached hydrogen (secondary N) is 1. The predicted octanol–water partition coefficient (Wildman–Crippen LogP) is 4.95. The molecule has 0 aliphatic carbocycles. The van der Waals surface area contributed by atoms with Crippen molar-refractivity contribution in [2.75, 3.05) is 11.9 Å². The zero-order valence-corrected chi connectivity index (χ0v) is 14.6. The van der Waals surface area contributed by atoms with Gasteiger partial charge in [0.2, 0.25) is 0 Å². The van der Waals surface area contributed by atoms with E-state index in [1.807, 2.05) is 49.4 Å². The van der Waals surface area contributed by atoms with Crippen LogP contribution < -0.4 is 4.90 Å². The van der Waals surface area contributed by atoms with Gasteiger partial charge in [-0.3, -0.25) is 9.78 Å². The largest absolute Gasteiger partial charge is 0.349 e. The molecule has 0 spiro atoms.